The molecule has 1 aliphatic rings. The van der Waals surface area contributed by atoms with Gasteiger partial charge in [0.05, 0.1) is 0 Å². The maximum absolute atomic E-state index is 5.94. The second kappa shape index (κ2) is 5.10. The van der Waals surface area contributed by atoms with Gasteiger partial charge in [0.2, 0.25) is 0 Å². The molecular weight excluding hydrogens is 260 g/mol. The number of nitrogens with zero attached hydrogens (tertiary/aromatic N) is 1. The lowest BCUT2D eigenvalue weighted by molar-refractivity contribution is 0.517. The van der Waals surface area contributed by atoms with Crippen molar-refractivity contribution >= 4 is 34.7 Å². The Morgan fingerprint density at radius 1 is 1.44 bits per heavy atom. The zero-order valence-electron chi connectivity index (χ0n) is 11.2. The van der Waals surface area contributed by atoms with Crippen LogP contribution in [0.25, 0.3) is 0 Å². The molecule has 0 unspecified atom stereocenters. The molecular formula is C14H20N2S2. The van der Waals surface area contributed by atoms with E-state index in [9.17, 15) is 0 Å². The lowest BCUT2D eigenvalue weighted by Crippen LogP contribution is -2.39. The van der Waals surface area contributed by atoms with Crippen LogP contribution in [0.1, 0.15) is 32.3 Å². The molecule has 18 heavy (non-hydrogen) atoms. The molecule has 1 aromatic rings. The normalized spacial score (nSPS) is 18.1. The third kappa shape index (κ3) is 2.36. The minimum Gasteiger partial charge on any atom is -0.389 e. The summed E-state index contributed by atoms with van der Waals surface area (Å²) >= 11 is 6.95. The van der Waals surface area contributed by atoms with Crippen LogP contribution in [0.4, 0.5) is 5.69 Å². The Kier molecular flexibility index (Phi) is 3.87. The van der Waals surface area contributed by atoms with Crippen molar-refractivity contribution in [2.45, 2.75) is 37.1 Å². The number of thiocarbonyl (C=S) groups is 1. The predicted molar refractivity (Wildman–Crippen MR) is 84.8 cm³/mol. The summed E-state index contributed by atoms with van der Waals surface area (Å²) in [5, 5.41) is 0. The molecule has 0 atom stereocenters. The largest absolute Gasteiger partial charge is 0.389 e. The van der Waals surface area contributed by atoms with E-state index < -0.39 is 0 Å². The van der Waals surface area contributed by atoms with Gasteiger partial charge < -0.3 is 10.6 Å². The van der Waals surface area contributed by atoms with Gasteiger partial charge in [-0.1, -0.05) is 18.3 Å². The third-order valence-corrected chi connectivity index (χ3v) is 4.65. The minimum absolute atomic E-state index is 0.191. The molecule has 0 spiro atoms. The molecule has 4 heteroatoms. The van der Waals surface area contributed by atoms with Gasteiger partial charge in [0.25, 0.3) is 0 Å². The van der Waals surface area contributed by atoms with E-state index in [1.165, 1.54) is 23.4 Å². The van der Waals surface area contributed by atoms with Crippen LogP contribution < -0.4 is 10.6 Å². The zero-order valence-corrected chi connectivity index (χ0v) is 12.8. The maximum atomic E-state index is 5.94. The number of nitrogens with two attached hydrogens (primary N) is 1. The molecule has 1 aromatic carbocycles. The first-order chi connectivity index (χ1) is 8.47. The fourth-order valence-electron chi connectivity index (χ4n) is 2.72. The van der Waals surface area contributed by atoms with Crippen LogP contribution in [0, 0.1) is 0 Å². The van der Waals surface area contributed by atoms with E-state index in [0.29, 0.717) is 4.99 Å². The van der Waals surface area contributed by atoms with Gasteiger partial charge in [-0.05, 0) is 45.1 Å². The topological polar surface area (TPSA) is 29.3 Å². The summed E-state index contributed by atoms with van der Waals surface area (Å²) in [6, 6.07) is 6.32. The second-order valence-corrected chi connectivity index (χ2v) is 6.57. The fourth-order valence-corrected chi connectivity index (χ4v) is 3.63. The SMILES string of the molecule is CSc1cccc(N2CCCC2(C)C)c1C(N)=S. The van der Waals surface area contributed by atoms with Crippen molar-refractivity contribution in [2.75, 3.05) is 17.7 Å². The summed E-state index contributed by atoms with van der Waals surface area (Å²) in [5.41, 5.74) is 8.36. The van der Waals surface area contributed by atoms with Gasteiger partial charge in [0.15, 0.2) is 0 Å². The number of thioether (sulfide) groups is 1. The van der Waals surface area contributed by atoms with Crippen LogP contribution in [0.5, 0.6) is 0 Å². The van der Waals surface area contributed by atoms with Crippen molar-refractivity contribution in [3.63, 3.8) is 0 Å². The van der Waals surface area contributed by atoms with E-state index in [1.807, 2.05) is 0 Å². The van der Waals surface area contributed by atoms with Gasteiger partial charge in [-0.15, -0.1) is 11.8 Å². The molecule has 1 fully saturated rings. The van der Waals surface area contributed by atoms with E-state index in [1.54, 1.807) is 11.8 Å². The highest BCUT2D eigenvalue weighted by molar-refractivity contribution is 7.98. The second-order valence-electron chi connectivity index (χ2n) is 5.29. The fraction of sp³-hybridized carbons (Fsp3) is 0.500. The van der Waals surface area contributed by atoms with Crippen LogP contribution >= 0.6 is 24.0 Å². The Morgan fingerprint density at radius 3 is 2.67 bits per heavy atom. The van der Waals surface area contributed by atoms with Gasteiger partial charge in [0.1, 0.15) is 4.99 Å². The monoisotopic (exact) mass is 280 g/mol. The molecule has 1 heterocycles. The first kappa shape index (κ1) is 13.7. The van der Waals surface area contributed by atoms with Gasteiger partial charge in [-0.3, -0.25) is 0 Å². The minimum atomic E-state index is 0.191. The van der Waals surface area contributed by atoms with Gasteiger partial charge in [0, 0.05) is 28.2 Å². The smallest absolute Gasteiger partial charge is 0.107 e. The molecule has 0 aromatic heterocycles. The summed E-state index contributed by atoms with van der Waals surface area (Å²) < 4.78 is 0. The molecule has 2 rings (SSSR count). The summed E-state index contributed by atoms with van der Waals surface area (Å²) in [5.74, 6) is 0. The van der Waals surface area contributed by atoms with Crippen molar-refractivity contribution in [3.05, 3.63) is 23.8 Å². The highest BCUT2D eigenvalue weighted by Crippen LogP contribution is 2.38. The lowest BCUT2D eigenvalue weighted by Gasteiger charge is -2.35. The standard InChI is InChI=1S/C14H20N2S2/c1-14(2)8-5-9-16(14)10-6-4-7-11(18-3)12(10)13(15)17/h4,6-7H,5,8-9H2,1-3H3,(H2,15,17). The van der Waals surface area contributed by atoms with E-state index in [4.69, 9.17) is 18.0 Å². The summed E-state index contributed by atoms with van der Waals surface area (Å²) in [7, 11) is 0. The Bertz CT molecular complexity index is 469. The molecule has 0 amide bonds. The molecule has 0 saturated carbocycles. The molecule has 0 bridgehead atoms. The van der Waals surface area contributed by atoms with Crippen molar-refractivity contribution in [1.29, 1.82) is 0 Å². The first-order valence-corrected chi connectivity index (χ1v) is 7.85. The number of benzene rings is 1. The number of anilines is 1. The van der Waals surface area contributed by atoms with Crippen molar-refractivity contribution in [3.8, 4) is 0 Å². The van der Waals surface area contributed by atoms with Gasteiger partial charge >= 0.3 is 0 Å². The summed E-state index contributed by atoms with van der Waals surface area (Å²) in [6.07, 6.45) is 4.51. The Labute approximate surface area is 119 Å². The average Bonchev–Trinajstić information content (AvgIpc) is 2.67. The molecule has 98 valence electrons. The average molecular weight is 280 g/mol. The molecule has 2 nitrogen and oxygen atoms in total. The predicted octanol–water partition coefficient (Wildman–Crippen LogP) is 3.42. The molecule has 2 N–H and O–H groups in total. The van der Waals surface area contributed by atoms with E-state index in [0.717, 1.165) is 12.1 Å². The summed E-state index contributed by atoms with van der Waals surface area (Å²) in [6.45, 7) is 5.66. The summed E-state index contributed by atoms with van der Waals surface area (Å²) in [4.78, 5) is 4.11. The van der Waals surface area contributed by atoms with Gasteiger partial charge in [-0.2, -0.15) is 0 Å². The Hall–Kier alpha value is -0.740. The number of rotatable bonds is 3. The number of hydrogen-bond acceptors (Lipinski definition) is 3. The Balaban J connectivity index is 2.54. The quantitative estimate of drug-likeness (QED) is 0.678. The van der Waals surface area contributed by atoms with Crippen LogP contribution in [0.15, 0.2) is 23.1 Å². The third-order valence-electron chi connectivity index (χ3n) is 3.66. The van der Waals surface area contributed by atoms with E-state index in [2.05, 4.69) is 43.2 Å². The first-order valence-electron chi connectivity index (χ1n) is 6.22. The van der Waals surface area contributed by atoms with Crippen molar-refractivity contribution < 1.29 is 0 Å². The van der Waals surface area contributed by atoms with Crippen LogP contribution in [-0.4, -0.2) is 23.3 Å². The lowest BCUT2D eigenvalue weighted by atomic mass is 10.0. The van der Waals surface area contributed by atoms with Crippen LogP contribution in [0.2, 0.25) is 0 Å². The highest BCUT2D eigenvalue weighted by atomic mass is 32.2. The molecule has 0 aliphatic carbocycles. The van der Waals surface area contributed by atoms with Crippen molar-refractivity contribution in [1.82, 2.24) is 0 Å². The maximum Gasteiger partial charge on any atom is 0.107 e. The molecule has 0 radical (unpaired) electrons. The number of hydrogen-bond donors (Lipinski definition) is 1. The van der Waals surface area contributed by atoms with Crippen LogP contribution in [0.3, 0.4) is 0 Å². The van der Waals surface area contributed by atoms with Gasteiger partial charge in [-0.25, -0.2) is 0 Å². The highest BCUT2D eigenvalue weighted by Gasteiger charge is 2.33. The Morgan fingerprint density at radius 2 is 2.17 bits per heavy atom. The van der Waals surface area contributed by atoms with Crippen LogP contribution in [-0.2, 0) is 0 Å². The molecule has 1 saturated heterocycles. The molecule has 1 aliphatic heterocycles. The van der Waals surface area contributed by atoms with Crippen molar-refractivity contribution in [2.24, 2.45) is 5.73 Å². The van der Waals surface area contributed by atoms with E-state index in [-0.39, 0.29) is 5.54 Å². The zero-order chi connectivity index (χ0) is 13.3. The van der Waals surface area contributed by atoms with E-state index >= 15 is 0 Å².